The third-order valence-corrected chi connectivity index (χ3v) is 1.55. The highest BCUT2D eigenvalue weighted by Gasteiger charge is 2.14. The average molecular weight is 180 g/mol. The van der Waals surface area contributed by atoms with Crippen LogP contribution in [0.4, 0.5) is 0 Å². The largest absolute Gasteiger partial charge is 0.479 e. The summed E-state index contributed by atoms with van der Waals surface area (Å²) in [6.07, 6.45) is -0.748. The van der Waals surface area contributed by atoms with E-state index < -0.39 is 12.0 Å². The predicted octanol–water partition coefficient (Wildman–Crippen LogP) is -0.122. The van der Waals surface area contributed by atoms with E-state index in [0.29, 0.717) is 5.75 Å². The van der Waals surface area contributed by atoms with Crippen LogP contribution in [0.5, 0.6) is 5.75 Å². The maximum atomic E-state index is 10.8. The smallest absolute Gasteiger partial charge is 0.259 e. The van der Waals surface area contributed by atoms with Gasteiger partial charge in [-0.15, -0.1) is 0 Å². The Balaban J connectivity index is 2.62. The SMILES string of the molecule is NCC(Oc1ccccc1)C(N)=O. The van der Waals surface area contributed by atoms with Crippen molar-refractivity contribution in [3.8, 4) is 5.75 Å². The van der Waals surface area contributed by atoms with E-state index >= 15 is 0 Å². The van der Waals surface area contributed by atoms with E-state index in [1.807, 2.05) is 18.2 Å². The Morgan fingerprint density at radius 3 is 2.46 bits per heavy atom. The molecule has 0 fully saturated rings. The van der Waals surface area contributed by atoms with Gasteiger partial charge in [-0.2, -0.15) is 0 Å². The monoisotopic (exact) mass is 180 g/mol. The van der Waals surface area contributed by atoms with Crippen molar-refractivity contribution in [1.82, 2.24) is 0 Å². The van der Waals surface area contributed by atoms with Gasteiger partial charge >= 0.3 is 0 Å². The van der Waals surface area contributed by atoms with Crippen molar-refractivity contribution >= 4 is 5.91 Å². The van der Waals surface area contributed by atoms with Crippen molar-refractivity contribution in [3.05, 3.63) is 30.3 Å². The lowest BCUT2D eigenvalue weighted by atomic mass is 10.3. The summed E-state index contributed by atoms with van der Waals surface area (Å²) >= 11 is 0. The minimum absolute atomic E-state index is 0.0875. The van der Waals surface area contributed by atoms with Gasteiger partial charge in [0.25, 0.3) is 5.91 Å². The third kappa shape index (κ3) is 2.76. The van der Waals surface area contributed by atoms with E-state index in [0.717, 1.165) is 0 Å². The molecule has 0 saturated heterocycles. The predicted molar refractivity (Wildman–Crippen MR) is 49.1 cm³/mol. The van der Waals surface area contributed by atoms with Gasteiger partial charge in [-0.05, 0) is 12.1 Å². The van der Waals surface area contributed by atoms with Gasteiger partial charge in [0.2, 0.25) is 0 Å². The van der Waals surface area contributed by atoms with Gasteiger partial charge < -0.3 is 16.2 Å². The van der Waals surface area contributed by atoms with Gasteiger partial charge in [0.05, 0.1) is 0 Å². The molecule has 4 N–H and O–H groups in total. The molecule has 0 heterocycles. The molecule has 0 saturated carbocycles. The molecule has 0 aliphatic heterocycles. The Labute approximate surface area is 76.5 Å². The van der Waals surface area contributed by atoms with Crippen molar-refractivity contribution in [2.75, 3.05) is 6.54 Å². The third-order valence-electron chi connectivity index (χ3n) is 1.55. The molecule has 70 valence electrons. The zero-order valence-corrected chi connectivity index (χ0v) is 7.14. The van der Waals surface area contributed by atoms with Crippen LogP contribution in [0.2, 0.25) is 0 Å². The number of carbonyl (C=O) groups is 1. The van der Waals surface area contributed by atoms with Crippen molar-refractivity contribution in [1.29, 1.82) is 0 Å². The highest BCUT2D eigenvalue weighted by molar-refractivity contribution is 5.79. The second kappa shape index (κ2) is 4.47. The first-order valence-corrected chi connectivity index (χ1v) is 3.95. The molecule has 4 heteroatoms. The van der Waals surface area contributed by atoms with Crippen LogP contribution in [0.1, 0.15) is 0 Å². The van der Waals surface area contributed by atoms with Gasteiger partial charge in [-0.3, -0.25) is 4.79 Å². The number of nitrogens with two attached hydrogens (primary N) is 2. The lowest BCUT2D eigenvalue weighted by Crippen LogP contribution is -2.39. The Hall–Kier alpha value is -1.55. The summed E-state index contributed by atoms with van der Waals surface area (Å²) in [5.74, 6) is 0.0445. The molecule has 0 aromatic heterocycles. The lowest BCUT2D eigenvalue weighted by molar-refractivity contribution is -0.124. The van der Waals surface area contributed by atoms with Crippen LogP contribution in [0.15, 0.2) is 30.3 Å². The minimum Gasteiger partial charge on any atom is -0.479 e. The number of ether oxygens (including phenoxy) is 1. The number of rotatable bonds is 4. The summed E-state index contributed by atoms with van der Waals surface area (Å²) in [7, 11) is 0. The topological polar surface area (TPSA) is 78.3 Å². The minimum atomic E-state index is -0.748. The maximum absolute atomic E-state index is 10.8. The molecule has 1 aromatic carbocycles. The maximum Gasteiger partial charge on any atom is 0.259 e. The molecule has 0 aliphatic carbocycles. The van der Waals surface area contributed by atoms with E-state index in [9.17, 15) is 4.79 Å². The van der Waals surface area contributed by atoms with Gasteiger partial charge in [0, 0.05) is 6.54 Å². The fraction of sp³-hybridized carbons (Fsp3) is 0.222. The highest BCUT2D eigenvalue weighted by atomic mass is 16.5. The van der Waals surface area contributed by atoms with Crippen LogP contribution in [-0.2, 0) is 4.79 Å². The number of benzene rings is 1. The van der Waals surface area contributed by atoms with Gasteiger partial charge in [-0.1, -0.05) is 18.2 Å². The molecule has 1 aromatic rings. The van der Waals surface area contributed by atoms with Crippen LogP contribution < -0.4 is 16.2 Å². The van der Waals surface area contributed by atoms with Crippen LogP contribution in [0, 0.1) is 0 Å². The molecule has 1 rings (SSSR count). The van der Waals surface area contributed by atoms with Crippen molar-refractivity contribution in [3.63, 3.8) is 0 Å². The van der Waals surface area contributed by atoms with Crippen LogP contribution in [0.3, 0.4) is 0 Å². The molecule has 0 radical (unpaired) electrons. The van der Waals surface area contributed by atoms with E-state index in [2.05, 4.69) is 0 Å². The van der Waals surface area contributed by atoms with Crippen molar-refractivity contribution < 1.29 is 9.53 Å². The van der Waals surface area contributed by atoms with Gasteiger partial charge in [0.1, 0.15) is 5.75 Å². The summed E-state index contributed by atoms with van der Waals surface area (Å²) in [4.78, 5) is 10.8. The summed E-state index contributed by atoms with van der Waals surface area (Å²) in [6.45, 7) is 0.0875. The van der Waals surface area contributed by atoms with Gasteiger partial charge in [-0.25, -0.2) is 0 Å². The summed E-state index contributed by atoms with van der Waals surface area (Å²) < 4.78 is 5.23. The fourth-order valence-electron chi connectivity index (χ4n) is 0.886. The van der Waals surface area contributed by atoms with E-state index in [4.69, 9.17) is 16.2 Å². The Kier molecular flexibility index (Phi) is 3.28. The second-order valence-electron chi connectivity index (χ2n) is 2.56. The molecule has 1 amide bonds. The second-order valence-corrected chi connectivity index (χ2v) is 2.56. The standard InChI is InChI=1S/C9H12N2O2/c10-6-8(9(11)12)13-7-4-2-1-3-5-7/h1-5,8H,6,10H2,(H2,11,12). The number of hydrogen-bond donors (Lipinski definition) is 2. The zero-order valence-electron chi connectivity index (χ0n) is 7.14. The zero-order chi connectivity index (χ0) is 9.68. The van der Waals surface area contributed by atoms with E-state index in [1.54, 1.807) is 12.1 Å². The van der Waals surface area contributed by atoms with E-state index in [1.165, 1.54) is 0 Å². The van der Waals surface area contributed by atoms with Crippen LogP contribution in [0.25, 0.3) is 0 Å². The number of hydrogen-bond acceptors (Lipinski definition) is 3. The average Bonchev–Trinajstić information content (AvgIpc) is 2.15. The van der Waals surface area contributed by atoms with Gasteiger partial charge in [0.15, 0.2) is 6.10 Å². The first-order valence-electron chi connectivity index (χ1n) is 3.95. The summed E-state index contributed by atoms with van der Waals surface area (Å²) in [5, 5.41) is 0. The highest BCUT2D eigenvalue weighted by Crippen LogP contribution is 2.09. The molecule has 4 nitrogen and oxygen atoms in total. The first kappa shape index (κ1) is 9.54. The fourth-order valence-corrected chi connectivity index (χ4v) is 0.886. The van der Waals surface area contributed by atoms with Crippen molar-refractivity contribution in [2.24, 2.45) is 11.5 Å². The molecule has 0 spiro atoms. The van der Waals surface area contributed by atoms with Crippen molar-refractivity contribution in [2.45, 2.75) is 6.10 Å². The number of amides is 1. The summed E-state index contributed by atoms with van der Waals surface area (Å²) in [6, 6.07) is 8.96. The molecule has 1 atom stereocenters. The molecule has 0 bridgehead atoms. The van der Waals surface area contributed by atoms with Crippen LogP contribution in [-0.4, -0.2) is 18.6 Å². The number of carbonyl (C=O) groups excluding carboxylic acids is 1. The number of para-hydroxylation sites is 1. The Morgan fingerprint density at radius 1 is 1.38 bits per heavy atom. The normalized spacial score (nSPS) is 12.1. The number of primary amides is 1. The Morgan fingerprint density at radius 2 is 2.00 bits per heavy atom. The molecule has 13 heavy (non-hydrogen) atoms. The molecule has 0 aliphatic rings. The lowest BCUT2D eigenvalue weighted by Gasteiger charge is -2.13. The quantitative estimate of drug-likeness (QED) is 0.678. The Bertz CT molecular complexity index is 274. The van der Waals surface area contributed by atoms with Crippen LogP contribution >= 0.6 is 0 Å². The molecular weight excluding hydrogens is 168 g/mol. The van der Waals surface area contributed by atoms with E-state index in [-0.39, 0.29) is 6.54 Å². The first-order chi connectivity index (χ1) is 6.24. The molecule has 1 unspecified atom stereocenters. The summed E-state index contributed by atoms with van der Waals surface area (Å²) in [5.41, 5.74) is 10.3. The molecular formula is C9H12N2O2.